The molecule has 1 aromatic heterocycles. The van der Waals surface area contributed by atoms with Crippen molar-refractivity contribution in [1.29, 1.82) is 0 Å². The van der Waals surface area contributed by atoms with Gasteiger partial charge in [0.2, 0.25) is 10.0 Å². The molecule has 0 aliphatic carbocycles. The van der Waals surface area contributed by atoms with Crippen LogP contribution in [0.5, 0.6) is 5.75 Å². The summed E-state index contributed by atoms with van der Waals surface area (Å²) >= 11 is 0. The molecule has 0 atom stereocenters. The van der Waals surface area contributed by atoms with Gasteiger partial charge >= 0.3 is 5.97 Å². The fourth-order valence-corrected chi connectivity index (χ4v) is 2.80. The number of hydrogen-bond acceptors (Lipinski definition) is 6. The summed E-state index contributed by atoms with van der Waals surface area (Å²) in [5, 5.41) is 3.77. The Bertz CT molecular complexity index is 801. The van der Waals surface area contributed by atoms with Gasteiger partial charge in [0.25, 0.3) is 0 Å². The molecule has 1 aromatic carbocycles. The molecule has 1 heterocycles. The quantitative estimate of drug-likeness (QED) is 0.552. The van der Waals surface area contributed by atoms with E-state index in [1.807, 2.05) is 25.1 Å². The van der Waals surface area contributed by atoms with Crippen molar-refractivity contribution in [2.45, 2.75) is 11.8 Å². The van der Waals surface area contributed by atoms with Crippen LogP contribution in [0.4, 0.5) is 0 Å². The van der Waals surface area contributed by atoms with Crippen LogP contribution in [0.15, 0.2) is 41.6 Å². The summed E-state index contributed by atoms with van der Waals surface area (Å²) < 4.78 is 37.7. The van der Waals surface area contributed by atoms with Crippen molar-refractivity contribution in [1.82, 2.24) is 14.5 Å². The number of nitrogens with zero attached hydrogens (tertiary/aromatic N) is 2. The zero-order valence-electron chi connectivity index (χ0n) is 13.4. The van der Waals surface area contributed by atoms with Gasteiger partial charge in [-0.3, -0.25) is 9.48 Å². The molecule has 1 N–H and O–H groups in total. The largest absolute Gasteiger partial charge is 0.490 e. The van der Waals surface area contributed by atoms with Crippen molar-refractivity contribution >= 4 is 16.0 Å². The van der Waals surface area contributed by atoms with Crippen LogP contribution >= 0.6 is 0 Å². The molecule has 24 heavy (non-hydrogen) atoms. The van der Waals surface area contributed by atoms with Crippen molar-refractivity contribution in [3.8, 4) is 5.75 Å². The number of esters is 1. The van der Waals surface area contributed by atoms with Gasteiger partial charge in [-0.25, -0.2) is 8.42 Å². The molecule has 2 aromatic rings. The summed E-state index contributed by atoms with van der Waals surface area (Å²) in [7, 11) is -2.18. The number of aromatic nitrogens is 2. The Morgan fingerprint density at radius 1 is 1.33 bits per heavy atom. The highest BCUT2D eigenvalue weighted by molar-refractivity contribution is 7.89. The summed E-state index contributed by atoms with van der Waals surface area (Å²) in [6.45, 7) is 1.70. The topological polar surface area (TPSA) is 99.5 Å². The third-order valence-electron chi connectivity index (χ3n) is 3.00. The van der Waals surface area contributed by atoms with E-state index in [4.69, 9.17) is 9.47 Å². The molecular weight excluding hydrogens is 334 g/mol. The molecule has 0 aliphatic rings. The highest BCUT2D eigenvalue weighted by atomic mass is 32.2. The molecule has 8 nitrogen and oxygen atoms in total. The number of ether oxygens (including phenoxy) is 2. The van der Waals surface area contributed by atoms with E-state index < -0.39 is 22.5 Å². The van der Waals surface area contributed by atoms with Crippen molar-refractivity contribution in [2.75, 3.05) is 19.8 Å². The van der Waals surface area contributed by atoms with Crippen LogP contribution in [0, 0.1) is 6.92 Å². The molecule has 0 aliphatic heterocycles. The van der Waals surface area contributed by atoms with Gasteiger partial charge in [0.05, 0.1) is 6.20 Å². The predicted octanol–water partition coefficient (Wildman–Crippen LogP) is 0.629. The molecular formula is C15H19N3O5S. The van der Waals surface area contributed by atoms with Crippen molar-refractivity contribution in [2.24, 2.45) is 7.05 Å². The first-order valence-electron chi connectivity index (χ1n) is 7.20. The maximum absolute atomic E-state index is 11.9. The van der Waals surface area contributed by atoms with Gasteiger partial charge in [0.15, 0.2) is 0 Å². The minimum absolute atomic E-state index is 0.0134. The molecule has 9 heteroatoms. The van der Waals surface area contributed by atoms with Gasteiger partial charge in [-0.2, -0.15) is 9.82 Å². The molecule has 0 saturated carbocycles. The van der Waals surface area contributed by atoms with E-state index in [9.17, 15) is 13.2 Å². The highest BCUT2D eigenvalue weighted by Crippen LogP contribution is 2.11. The number of carbonyl (C=O) groups is 1. The lowest BCUT2D eigenvalue weighted by molar-refractivity contribution is -0.142. The van der Waals surface area contributed by atoms with Gasteiger partial charge in [0, 0.05) is 13.2 Å². The molecule has 130 valence electrons. The Labute approximate surface area is 140 Å². The van der Waals surface area contributed by atoms with Crippen LogP contribution in [-0.4, -0.2) is 43.9 Å². The number of hydrogen-bond donors (Lipinski definition) is 1. The first-order chi connectivity index (χ1) is 11.4. The van der Waals surface area contributed by atoms with Crippen molar-refractivity contribution in [3.63, 3.8) is 0 Å². The van der Waals surface area contributed by atoms with Gasteiger partial charge < -0.3 is 9.47 Å². The standard InChI is InChI=1S/C15H19N3O5S/c1-12-4-3-5-13(8-12)22-6-7-23-15(19)10-17-24(20,21)14-9-16-18(2)11-14/h3-5,8-9,11,17H,6-7,10H2,1-2H3. The smallest absolute Gasteiger partial charge is 0.321 e. The van der Waals surface area contributed by atoms with Gasteiger partial charge in [-0.15, -0.1) is 0 Å². The molecule has 0 unspecified atom stereocenters. The van der Waals surface area contributed by atoms with E-state index in [0.29, 0.717) is 5.75 Å². The zero-order chi connectivity index (χ0) is 17.6. The molecule has 0 fully saturated rings. The first kappa shape index (κ1) is 18.0. The summed E-state index contributed by atoms with van der Waals surface area (Å²) in [6.07, 6.45) is 2.53. The van der Waals surface area contributed by atoms with Gasteiger partial charge in [-0.05, 0) is 24.6 Å². The number of aryl methyl sites for hydroxylation is 2. The fourth-order valence-electron chi connectivity index (χ4n) is 1.85. The number of benzene rings is 1. The number of rotatable bonds is 8. The minimum Gasteiger partial charge on any atom is -0.490 e. The van der Waals surface area contributed by atoms with E-state index in [2.05, 4.69) is 9.82 Å². The lowest BCUT2D eigenvalue weighted by Crippen LogP contribution is -2.31. The van der Waals surface area contributed by atoms with Gasteiger partial charge in [-0.1, -0.05) is 12.1 Å². The summed E-state index contributed by atoms with van der Waals surface area (Å²) in [4.78, 5) is 11.6. The summed E-state index contributed by atoms with van der Waals surface area (Å²) in [5.41, 5.74) is 1.06. The van der Waals surface area contributed by atoms with Crippen LogP contribution in [0.3, 0.4) is 0 Å². The summed E-state index contributed by atoms with van der Waals surface area (Å²) in [6, 6.07) is 7.48. The maximum Gasteiger partial charge on any atom is 0.321 e. The second-order valence-corrected chi connectivity index (χ2v) is 6.83. The normalized spacial score (nSPS) is 11.2. The monoisotopic (exact) mass is 353 g/mol. The van der Waals surface area contributed by atoms with E-state index >= 15 is 0 Å². The number of nitrogens with one attached hydrogen (secondary N) is 1. The number of sulfonamides is 1. The third-order valence-corrected chi connectivity index (χ3v) is 4.36. The fraction of sp³-hybridized carbons (Fsp3) is 0.333. The molecule has 0 spiro atoms. The second-order valence-electron chi connectivity index (χ2n) is 5.06. The van der Waals surface area contributed by atoms with E-state index in [-0.39, 0.29) is 18.1 Å². The van der Waals surface area contributed by atoms with Crippen LogP contribution in [0.2, 0.25) is 0 Å². The Morgan fingerprint density at radius 3 is 2.79 bits per heavy atom. The lowest BCUT2D eigenvalue weighted by Gasteiger charge is -2.08. The predicted molar refractivity (Wildman–Crippen MR) is 86.0 cm³/mol. The van der Waals surface area contributed by atoms with Crippen LogP contribution < -0.4 is 9.46 Å². The van der Waals surface area contributed by atoms with E-state index in [0.717, 1.165) is 5.56 Å². The summed E-state index contributed by atoms with van der Waals surface area (Å²) in [5.74, 6) is -0.00126. The zero-order valence-corrected chi connectivity index (χ0v) is 14.2. The lowest BCUT2D eigenvalue weighted by atomic mass is 10.2. The molecule has 0 amide bonds. The SMILES string of the molecule is Cc1cccc(OCCOC(=O)CNS(=O)(=O)c2cnn(C)c2)c1. The van der Waals surface area contributed by atoms with Gasteiger partial charge in [0.1, 0.15) is 30.4 Å². The van der Waals surface area contributed by atoms with Crippen LogP contribution in [-0.2, 0) is 26.6 Å². The highest BCUT2D eigenvalue weighted by Gasteiger charge is 2.17. The minimum atomic E-state index is -3.78. The average Bonchev–Trinajstić information content (AvgIpc) is 2.97. The van der Waals surface area contributed by atoms with Crippen molar-refractivity contribution in [3.05, 3.63) is 42.2 Å². The Morgan fingerprint density at radius 2 is 2.12 bits per heavy atom. The Balaban J connectivity index is 1.70. The van der Waals surface area contributed by atoms with E-state index in [1.165, 1.54) is 17.1 Å². The van der Waals surface area contributed by atoms with Crippen LogP contribution in [0.25, 0.3) is 0 Å². The van der Waals surface area contributed by atoms with E-state index in [1.54, 1.807) is 13.1 Å². The third kappa shape index (κ3) is 5.36. The molecule has 0 bridgehead atoms. The molecule has 0 saturated heterocycles. The first-order valence-corrected chi connectivity index (χ1v) is 8.68. The van der Waals surface area contributed by atoms with Crippen LogP contribution in [0.1, 0.15) is 5.56 Å². The maximum atomic E-state index is 11.9. The van der Waals surface area contributed by atoms with Crippen molar-refractivity contribution < 1.29 is 22.7 Å². The Hall–Kier alpha value is -2.39. The molecule has 2 rings (SSSR count). The number of carbonyl (C=O) groups excluding carboxylic acids is 1. The average molecular weight is 353 g/mol. The molecule has 0 radical (unpaired) electrons. The second kappa shape index (κ2) is 7.93. The Kier molecular flexibility index (Phi) is 5.93.